The lowest BCUT2D eigenvalue weighted by Gasteiger charge is -2.49. The molecule has 0 spiro atoms. The minimum Gasteiger partial charge on any atom is -0.508 e. The molecule has 2 saturated heterocycles. The van der Waals surface area contributed by atoms with Gasteiger partial charge in [0.05, 0.1) is 6.04 Å². The summed E-state index contributed by atoms with van der Waals surface area (Å²) in [4.78, 5) is 51.2. The number of hydrogen-bond donors (Lipinski definition) is 4. The van der Waals surface area contributed by atoms with Crippen LogP contribution in [-0.2, 0) is 14.4 Å². The highest BCUT2D eigenvalue weighted by Crippen LogP contribution is 2.47. The zero-order valence-electron chi connectivity index (χ0n) is 15.6. The second-order valence-corrected chi connectivity index (χ2v) is 7.40. The molecule has 1 aromatic rings. The van der Waals surface area contributed by atoms with E-state index >= 15 is 0 Å². The Hall–Kier alpha value is -3.56. The number of carboxylic acid groups (broad SMARTS) is 1. The second-order valence-electron chi connectivity index (χ2n) is 7.40. The topological polar surface area (TPSA) is 139 Å². The van der Waals surface area contributed by atoms with E-state index in [0.29, 0.717) is 24.2 Å². The lowest BCUT2D eigenvalue weighted by Crippen LogP contribution is -2.69. The fourth-order valence-corrected chi connectivity index (χ4v) is 4.37. The van der Waals surface area contributed by atoms with Gasteiger partial charge < -0.3 is 25.7 Å². The first-order chi connectivity index (χ1) is 13.8. The van der Waals surface area contributed by atoms with Crippen LogP contribution < -0.4 is 10.6 Å². The number of carbonyl (C=O) groups is 4. The SMILES string of the molecule is CC(=O)NCC1=C(C(=O)O)N2C(=O)[C@@H]3[C@H]2[C@H](C1)CN3C(=O)Nc1ccc(O)cc1. The van der Waals surface area contributed by atoms with Crippen LogP contribution in [0.2, 0.25) is 0 Å². The summed E-state index contributed by atoms with van der Waals surface area (Å²) >= 11 is 0. The smallest absolute Gasteiger partial charge is 0.352 e. The lowest BCUT2D eigenvalue weighted by molar-refractivity contribution is -0.155. The molecule has 3 atom stereocenters. The van der Waals surface area contributed by atoms with Crippen molar-refractivity contribution in [2.45, 2.75) is 25.4 Å². The van der Waals surface area contributed by atoms with Crippen molar-refractivity contribution in [3.05, 3.63) is 35.5 Å². The normalized spacial score (nSPS) is 24.7. The number of β-lactam (4-membered cyclic amide) rings is 1. The number of likely N-dealkylation sites (tertiary alicyclic amines) is 1. The number of urea groups is 1. The molecule has 152 valence electrons. The number of nitrogens with one attached hydrogen (secondary N) is 2. The van der Waals surface area contributed by atoms with E-state index in [1.54, 1.807) is 12.1 Å². The van der Waals surface area contributed by atoms with Crippen LogP contribution in [0.5, 0.6) is 5.75 Å². The van der Waals surface area contributed by atoms with E-state index < -0.39 is 23.9 Å². The van der Waals surface area contributed by atoms with Gasteiger partial charge in [-0.3, -0.25) is 14.5 Å². The van der Waals surface area contributed by atoms with Crippen molar-refractivity contribution >= 4 is 29.5 Å². The highest BCUT2D eigenvalue weighted by Gasteiger charge is 2.64. The Morgan fingerprint density at radius 2 is 1.90 bits per heavy atom. The van der Waals surface area contributed by atoms with Crippen LogP contribution in [0.1, 0.15) is 13.3 Å². The minimum atomic E-state index is -1.22. The molecule has 2 fully saturated rings. The van der Waals surface area contributed by atoms with Gasteiger partial charge in [0.2, 0.25) is 5.91 Å². The highest BCUT2D eigenvalue weighted by atomic mass is 16.4. The first-order valence-electron chi connectivity index (χ1n) is 9.17. The molecule has 3 heterocycles. The van der Waals surface area contributed by atoms with E-state index in [2.05, 4.69) is 10.6 Å². The molecular formula is C19H20N4O6. The Morgan fingerprint density at radius 3 is 2.52 bits per heavy atom. The van der Waals surface area contributed by atoms with Crippen molar-refractivity contribution in [1.29, 1.82) is 0 Å². The molecular weight excluding hydrogens is 380 g/mol. The van der Waals surface area contributed by atoms with E-state index in [1.165, 1.54) is 28.9 Å². The number of amides is 4. The predicted octanol–water partition coefficient (Wildman–Crippen LogP) is 0.314. The van der Waals surface area contributed by atoms with Gasteiger partial charge >= 0.3 is 12.0 Å². The number of aliphatic carboxylic acids is 1. The van der Waals surface area contributed by atoms with E-state index in [9.17, 15) is 29.4 Å². The van der Waals surface area contributed by atoms with Crippen molar-refractivity contribution in [3.63, 3.8) is 0 Å². The summed E-state index contributed by atoms with van der Waals surface area (Å²) in [5.74, 6) is -1.98. The second kappa shape index (κ2) is 6.80. The van der Waals surface area contributed by atoms with Crippen LogP contribution in [0.25, 0.3) is 0 Å². The summed E-state index contributed by atoms with van der Waals surface area (Å²) in [5.41, 5.74) is 0.852. The summed E-state index contributed by atoms with van der Waals surface area (Å²) < 4.78 is 0. The number of rotatable bonds is 4. The molecule has 0 bridgehead atoms. The van der Waals surface area contributed by atoms with Crippen LogP contribution >= 0.6 is 0 Å². The third kappa shape index (κ3) is 3.06. The number of anilines is 1. The van der Waals surface area contributed by atoms with E-state index in [0.717, 1.165) is 0 Å². The van der Waals surface area contributed by atoms with Gasteiger partial charge in [0.1, 0.15) is 17.5 Å². The summed E-state index contributed by atoms with van der Waals surface area (Å²) in [7, 11) is 0. The van der Waals surface area contributed by atoms with Crippen LogP contribution in [0, 0.1) is 5.92 Å². The van der Waals surface area contributed by atoms with Gasteiger partial charge in [-0.05, 0) is 36.3 Å². The maximum absolute atomic E-state index is 12.8. The standard InChI is InChI=1S/C19H20N4O6/c1-9(24)20-7-10-6-11-8-22(19(29)21-12-2-4-13(25)5-3-12)16-14(11)23(17(16)26)15(10)18(27)28/h2-5,11,14,16,25H,6-8H2,1H3,(H,20,24)(H,21,29)(H,27,28)/t11-,14-,16+/m1/s1. The molecule has 3 aliphatic heterocycles. The number of nitrogens with zero attached hydrogens (tertiary/aromatic N) is 2. The van der Waals surface area contributed by atoms with Crippen molar-refractivity contribution in [3.8, 4) is 5.75 Å². The minimum absolute atomic E-state index is 0.0499. The van der Waals surface area contributed by atoms with Gasteiger partial charge in [-0.1, -0.05) is 0 Å². The number of phenolic OH excluding ortho intramolecular Hbond substituents is 1. The molecule has 3 aliphatic rings. The molecule has 0 radical (unpaired) electrons. The number of carboxylic acids is 1. The van der Waals surface area contributed by atoms with E-state index in [-0.39, 0.29) is 35.9 Å². The van der Waals surface area contributed by atoms with Crippen LogP contribution in [0.4, 0.5) is 10.5 Å². The maximum atomic E-state index is 12.8. The fraction of sp³-hybridized carbons (Fsp3) is 0.368. The number of phenols is 1. The largest absolute Gasteiger partial charge is 0.508 e. The molecule has 0 aliphatic carbocycles. The van der Waals surface area contributed by atoms with E-state index in [4.69, 9.17) is 0 Å². The summed E-state index contributed by atoms with van der Waals surface area (Å²) in [5, 5.41) is 24.3. The quantitative estimate of drug-likeness (QED) is 0.424. The molecule has 4 rings (SSSR count). The molecule has 10 nitrogen and oxygen atoms in total. The fourth-order valence-electron chi connectivity index (χ4n) is 4.37. The van der Waals surface area contributed by atoms with Gasteiger partial charge in [-0.15, -0.1) is 0 Å². The molecule has 0 aromatic heterocycles. The number of benzene rings is 1. The molecule has 1 aromatic carbocycles. The zero-order chi connectivity index (χ0) is 20.9. The van der Waals surface area contributed by atoms with Crippen molar-refractivity contribution in [2.24, 2.45) is 5.92 Å². The van der Waals surface area contributed by atoms with Crippen molar-refractivity contribution in [2.75, 3.05) is 18.4 Å². The highest BCUT2D eigenvalue weighted by molar-refractivity contribution is 6.03. The lowest BCUT2D eigenvalue weighted by atomic mass is 9.79. The maximum Gasteiger partial charge on any atom is 0.352 e. The Labute approximate surface area is 165 Å². The molecule has 0 saturated carbocycles. The van der Waals surface area contributed by atoms with E-state index in [1.807, 2.05) is 0 Å². The number of carbonyl (C=O) groups excluding carboxylic acids is 3. The van der Waals surface area contributed by atoms with Crippen molar-refractivity contribution < 1.29 is 29.4 Å². The average Bonchev–Trinajstić information content (AvgIpc) is 3.03. The van der Waals surface area contributed by atoms with Crippen LogP contribution in [-0.4, -0.2) is 69.0 Å². The summed E-state index contributed by atoms with van der Waals surface area (Å²) in [6, 6.07) is 4.43. The monoisotopic (exact) mass is 400 g/mol. The number of aromatic hydroxyl groups is 1. The predicted molar refractivity (Wildman–Crippen MR) is 99.7 cm³/mol. The summed E-state index contributed by atoms with van der Waals surface area (Å²) in [6.45, 7) is 1.69. The molecule has 4 amide bonds. The van der Waals surface area contributed by atoms with Crippen LogP contribution in [0.3, 0.4) is 0 Å². The Kier molecular flexibility index (Phi) is 4.40. The Balaban J connectivity index is 1.54. The third-order valence-electron chi connectivity index (χ3n) is 5.58. The molecule has 29 heavy (non-hydrogen) atoms. The van der Waals surface area contributed by atoms with Crippen LogP contribution in [0.15, 0.2) is 35.5 Å². The van der Waals surface area contributed by atoms with Gasteiger partial charge in [0.15, 0.2) is 0 Å². The van der Waals surface area contributed by atoms with Gasteiger partial charge in [-0.2, -0.15) is 0 Å². The Bertz CT molecular complexity index is 941. The first-order valence-corrected chi connectivity index (χ1v) is 9.17. The average molecular weight is 400 g/mol. The molecule has 0 unspecified atom stereocenters. The zero-order valence-corrected chi connectivity index (χ0v) is 15.6. The Morgan fingerprint density at radius 1 is 1.21 bits per heavy atom. The van der Waals surface area contributed by atoms with Gasteiger partial charge in [0.25, 0.3) is 5.91 Å². The van der Waals surface area contributed by atoms with Gasteiger partial charge in [-0.25, -0.2) is 9.59 Å². The molecule has 10 heteroatoms. The number of hydrogen-bond acceptors (Lipinski definition) is 5. The third-order valence-corrected chi connectivity index (χ3v) is 5.58. The van der Waals surface area contributed by atoms with Crippen molar-refractivity contribution in [1.82, 2.24) is 15.1 Å². The summed E-state index contributed by atoms with van der Waals surface area (Å²) in [6.07, 6.45) is 0.385. The van der Waals surface area contributed by atoms with Gasteiger partial charge in [0, 0.05) is 31.6 Å². The first kappa shape index (κ1) is 18.8. The molecule has 4 N–H and O–H groups in total.